The summed E-state index contributed by atoms with van der Waals surface area (Å²) in [4.78, 5) is 0. The van der Waals surface area contributed by atoms with Gasteiger partial charge in [0.25, 0.3) is 0 Å². The maximum atomic E-state index is 12.6. The Hall–Kier alpha value is -2.05. The van der Waals surface area contributed by atoms with Crippen LogP contribution < -0.4 is 0 Å². The van der Waals surface area contributed by atoms with E-state index in [0.717, 1.165) is 75.4 Å². The van der Waals surface area contributed by atoms with E-state index in [2.05, 4.69) is 91.8 Å². The van der Waals surface area contributed by atoms with Gasteiger partial charge in [0.15, 0.2) is 0 Å². The molecule has 0 aliphatic carbocycles. The van der Waals surface area contributed by atoms with Crippen LogP contribution in [0.1, 0.15) is 152 Å². The number of ether oxygens (including phenoxy) is 2. The van der Waals surface area contributed by atoms with Crippen LogP contribution in [0.4, 0.5) is 0 Å². The fourth-order valence-corrected chi connectivity index (χ4v) is 5.61. The second-order valence-electron chi connectivity index (χ2n) is 14.4. The van der Waals surface area contributed by atoms with Crippen molar-refractivity contribution in [1.29, 1.82) is 0 Å². The number of phosphoric ester groups is 1. The van der Waals surface area contributed by atoms with Gasteiger partial charge in [-0.2, -0.15) is 0 Å². The predicted octanol–water partition coefficient (Wildman–Crippen LogP) is 14.1. The third kappa shape index (κ3) is 30.4. The maximum absolute atomic E-state index is 12.6. The van der Waals surface area contributed by atoms with E-state index in [1.807, 2.05) is 13.8 Å². The summed E-state index contributed by atoms with van der Waals surface area (Å²) in [6.07, 6.45) is 26.4. The van der Waals surface area contributed by atoms with Crippen molar-refractivity contribution in [2.24, 2.45) is 0 Å². The summed E-state index contributed by atoms with van der Waals surface area (Å²) in [6, 6.07) is 0. The second kappa shape index (κ2) is 31.3. The highest BCUT2D eigenvalue weighted by molar-refractivity contribution is 7.48. The molecule has 0 amide bonds. The van der Waals surface area contributed by atoms with Crippen LogP contribution in [0.25, 0.3) is 0 Å². The molecule has 0 saturated heterocycles. The minimum atomic E-state index is -3.91. The molecule has 52 heavy (non-hydrogen) atoms. The fourth-order valence-electron chi connectivity index (χ4n) is 4.90. The van der Waals surface area contributed by atoms with Crippen molar-refractivity contribution < 1.29 is 33.1 Å². The molecule has 0 rings (SSSR count). The molecule has 0 aromatic carbocycles. The van der Waals surface area contributed by atoms with Gasteiger partial charge in [-0.15, -0.1) is 0 Å². The molecule has 1 atom stereocenters. The molecule has 6 nitrogen and oxygen atoms in total. The summed E-state index contributed by atoms with van der Waals surface area (Å²) >= 11 is 0. The van der Waals surface area contributed by atoms with Crippen molar-refractivity contribution in [3.63, 3.8) is 0 Å². The van der Waals surface area contributed by atoms with Crippen LogP contribution in [0, 0.1) is 0 Å². The van der Waals surface area contributed by atoms with E-state index in [4.69, 9.17) is 28.5 Å². The highest BCUT2D eigenvalue weighted by Crippen LogP contribution is 2.47. The topological polar surface area (TPSA) is 63.2 Å². The van der Waals surface area contributed by atoms with Gasteiger partial charge in [0.2, 0.25) is 0 Å². The smallest absolute Gasteiger partial charge is 0.375 e. The summed E-state index contributed by atoms with van der Waals surface area (Å²) in [5.41, 5.74) is 9.75. The first kappa shape index (κ1) is 42.7. The monoisotopic (exact) mass is 749 g/mol. The molecular formula is C45H77O6P. The molecule has 0 N–H and O–H groups in total. The molecule has 0 unspecified atom stereocenters. The summed E-state index contributed by atoms with van der Waals surface area (Å²) < 4.78 is 73.2. The summed E-state index contributed by atoms with van der Waals surface area (Å²) in [6.45, 7) is 15.7. The molecule has 7 heteroatoms. The first-order valence-corrected chi connectivity index (χ1v) is 20.5. The van der Waals surface area contributed by atoms with Gasteiger partial charge in [0.1, 0.15) is 6.10 Å². The van der Waals surface area contributed by atoms with E-state index in [9.17, 15) is 4.57 Å². The van der Waals surface area contributed by atoms with E-state index < -0.39 is 33.7 Å². The highest BCUT2D eigenvalue weighted by atomic mass is 31.2. The Morgan fingerprint density at radius 2 is 0.827 bits per heavy atom. The lowest BCUT2D eigenvalue weighted by Crippen LogP contribution is -2.26. The van der Waals surface area contributed by atoms with Gasteiger partial charge < -0.3 is 9.47 Å². The molecule has 0 aromatic rings. The SMILES string of the molecule is [2H]C([2H])(/C=C(\C)CC/C=C(\C)CC/C=C(\C)CCC=C(C)C)OC[C@@H](COP(=O)(OC)OC)OC([2H])([2H])/C=C(\C)CC/C=C(\C)CC/C=C(\C)CCC=C(C)C. The Bertz CT molecular complexity index is 1440. The first-order chi connectivity index (χ1) is 26.1. The molecule has 0 aliphatic heterocycles. The highest BCUT2D eigenvalue weighted by Gasteiger charge is 2.25. The second-order valence-corrected chi connectivity index (χ2v) is 16.3. The summed E-state index contributed by atoms with van der Waals surface area (Å²) in [5.74, 6) is 0. The van der Waals surface area contributed by atoms with Crippen molar-refractivity contribution in [3.05, 3.63) is 93.2 Å². The van der Waals surface area contributed by atoms with Crippen LogP contribution in [0.5, 0.6) is 0 Å². The Balaban J connectivity index is 5.34. The molecule has 0 radical (unpaired) electrons. The van der Waals surface area contributed by atoms with Gasteiger partial charge >= 0.3 is 7.82 Å². The quantitative estimate of drug-likeness (QED) is 0.0538. The Morgan fingerprint density at radius 1 is 0.500 bits per heavy atom. The molecule has 0 saturated carbocycles. The third-order valence-electron chi connectivity index (χ3n) is 8.37. The van der Waals surface area contributed by atoms with Crippen LogP contribution in [0.2, 0.25) is 0 Å². The van der Waals surface area contributed by atoms with Gasteiger partial charge in [-0.1, -0.05) is 93.2 Å². The predicted molar refractivity (Wildman–Crippen MR) is 225 cm³/mol. The number of hydrogen-bond acceptors (Lipinski definition) is 6. The lowest BCUT2D eigenvalue weighted by atomic mass is 10.0. The van der Waals surface area contributed by atoms with Crippen molar-refractivity contribution in [2.75, 3.05) is 40.6 Å². The van der Waals surface area contributed by atoms with Crippen molar-refractivity contribution in [2.45, 2.75) is 152 Å². The van der Waals surface area contributed by atoms with Gasteiger partial charge in [-0.25, -0.2) is 4.57 Å². The van der Waals surface area contributed by atoms with E-state index in [1.165, 1.54) is 59.8 Å². The van der Waals surface area contributed by atoms with Crippen LogP contribution >= 0.6 is 7.82 Å². The van der Waals surface area contributed by atoms with Crippen LogP contribution in [-0.2, 0) is 27.6 Å². The largest absolute Gasteiger partial charge is 0.474 e. The Kier molecular flexibility index (Phi) is 25.7. The number of rotatable bonds is 30. The molecule has 0 fully saturated rings. The van der Waals surface area contributed by atoms with Crippen LogP contribution in [-0.4, -0.2) is 46.7 Å². The van der Waals surface area contributed by atoms with Gasteiger partial charge in [-0.3, -0.25) is 13.6 Å². The zero-order chi connectivity index (χ0) is 42.8. The van der Waals surface area contributed by atoms with Crippen molar-refractivity contribution in [1.82, 2.24) is 0 Å². The third-order valence-corrected chi connectivity index (χ3v) is 9.73. The summed E-state index contributed by atoms with van der Waals surface area (Å²) in [5, 5.41) is 0. The van der Waals surface area contributed by atoms with E-state index in [-0.39, 0.29) is 6.61 Å². The number of allylic oxidation sites excluding steroid dienone is 14. The van der Waals surface area contributed by atoms with Crippen molar-refractivity contribution in [3.8, 4) is 0 Å². The molecule has 0 spiro atoms. The Labute approximate surface area is 326 Å². The van der Waals surface area contributed by atoms with E-state index in [0.29, 0.717) is 12.8 Å². The van der Waals surface area contributed by atoms with Gasteiger partial charge in [0.05, 0.1) is 31.8 Å². The average molecular weight is 749 g/mol. The number of phosphoric acid groups is 1. The van der Waals surface area contributed by atoms with Gasteiger partial charge in [-0.05, 0) is 146 Å². The minimum Gasteiger partial charge on any atom is -0.375 e. The first-order valence-electron chi connectivity index (χ1n) is 21.0. The van der Waals surface area contributed by atoms with Crippen LogP contribution in [0.3, 0.4) is 0 Å². The molecule has 0 heterocycles. The molecule has 0 bridgehead atoms. The van der Waals surface area contributed by atoms with Crippen LogP contribution in [0.15, 0.2) is 93.2 Å². The number of hydrogen-bond donors (Lipinski definition) is 0. The normalized spacial score (nSPS) is 16.2. The lowest BCUT2D eigenvalue weighted by molar-refractivity contribution is -0.0286. The fraction of sp³-hybridized carbons (Fsp3) is 0.644. The lowest BCUT2D eigenvalue weighted by Gasteiger charge is -2.20. The molecule has 0 aromatic heterocycles. The molecule has 0 aliphatic rings. The van der Waals surface area contributed by atoms with E-state index >= 15 is 0 Å². The summed E-state index contributed by atoms with van der Waals surface area (Å²) in [7, 11) is -1.55. The zero-order valence-electron chi connectivity index (χ0n) is 39.0. The minimum absolute atomic E-state index is 0.373. The molecular weight excluding hydrogens is 667 g/mol. The molecule has 298 valence electrons. The Morgan fingerprint density at radius 3 is 1.17 bits per heavy atom. The van der Waals surface area contributed by atoms with E-state index in [1.54, 1.807) is 0 Å². The van der Waals surface area contributed by atoms with Crippen molar-refractivity contribution >= 4 is 7.82 Å². The maximum Gasteiger partial charge on any atom is 0.474 e. The van der Waals surface area contributed by atoms with Gasteiger partial charge in [0, 0.05) is 14.2 Å². The average Bonchev–Trinajstić information content (AvgIpc) is 3.08. The standard InChI is InChI=1S/C45H77O6P/c1-37(2)19-13-21-39(5)23-15-25-41(7)27-17-29-43(9)31-33-49-35-45(36-51-52(46,47-11)48-12)50-34-32-44(10)30-18-28-42(8)26-16-24-40(6)22-14-20-38(3)4/h19-20,23-24,27-28,31-32,45H,13-18,21-22,25-26,29-30,33-36H2,1-12H3/b39-23+,40-24+,41-27+,42-28+,43-31+,44-32+/t45-/m0/s1/i33D2,34D2. The zero-order valence-corrected chi connectivity index (χ0v) is 35.9.